The van der Waals surface area contributed by atoms with E-state index in [1.807, 2.05) is 6.08 Å². The molecule has 1 heteroatoms. The van der Waals surface area contributed by atoms with Gasteiger partial charge in [-0.3, -0.25) is 0 Å². The number of allylic oxidation sites excluding steroid dienone is 1. The first kappa shape index (κ1) is 11.1. The summed E-state index contributed by atoms with van der Waals surface area (Å²) in [4.78, 5) is 2.60. The number of hydrogen-bond donors (Lipinski definition) is 0. The first-order valence-electron chi connectivity index (χ1n) is 7.14. The van der Waals surface area contributed by atoms with Gasteiger partial charge in [0.25, 0.3) is 0 Å². The number of fused-ring (bicyclic) bond motifs is 3. The van der Waals surface area contributed by atoms with Gasteiger partial charge in [-0.2, -0.15) is 0 Å². The van der Waals surface area contributed by atoms with Gasteiger partial charge in [0.1, 0.15) is 0 Å². The number of rotatable bonds is 2. The predicted octanol–water partition coefficient (Wildman–Crippen LogP) is 3.91. The minimum Gasteiger partial charge on any atom is -0.363 e. The van der Waals surface area contributed by atoms with Gasteiger partial charge in [-0.25, -0.2) is 0 Å². The van der Waals surface area contributed by atoms with Crippen molar-refractivity contribution in [1.82, 2.24) is 0 Å². The SMILES string of the molecule is C=CC1=C[C@@H]2C[C@H](C=C)[C@H]3c4ccccc4N(C1)[C@H]32. The summed E-state index contributed by atoms with van der Waals surface area (Å²) in [6, 6.07) is 9.56. The van der Waals surface area contributed by atoms with E-state index in [4.69, 9.17) is 0 Å². The van der Waals surface area contributed by atoms with E-state index in [9.17, 15) is 0 Å². The van der Waals surface area contributed by atoms with Gasteiger partial charge in [-0.15, -0.1) is 6.58 Å². The maximum absolute atomic E-state index is 4.07. The molecule has 96 valence electrons. The number of nitrogens with zero attached hydrogens (tertiary/aromatic N) is 1. The zero-order valence-corrected chi connectivity index (χ0v) is 11.1. The average molecular weight is 249 g/mol. The van der Waals surface area contributed by atoms with Crippen molar-refractivity contribution in [3.05, 3.63) is 66.8 Å². The lowest BCUT2D eigenvalue weighted by Gasteiger charge is -2.35. The third-order valence-corrected chi connectivity index (χ3v) is 5.12. The molecule has 0 unspecified atom stereocenters. The molecule has 2 heterocycles. The lowest BCUT2D eigenvalue weighted by molar-refractivity contribution is 0.505. The standard InChI is InChI=1S/C18H19N/c1-3-12-9-14-10-13(4-2)17-15-7-5-6-8-16(15)19(11-12)18(14)17/h3-9,13-14,17-18H,1-2,10-11H2/t13-,14+,17-,18-/m0/s1. The quantitative estimate of drug-likeness (QED) is 0.718. The van der Waals surface area contributed by atoms with Crippen LogP contribution in [0.2, 0.25) is 0 Å². The normalized spacial score (nSPS) is 34.5. The number of hydrogen-bond acceptors (Lipinski definition) is 1. The Balaban J connectivity index is 1.89. The highest BCUT2D eigenvalue weighted by molar-refractivity contribution is 5.66. The Labute approximate surface area is 114 Å². The Morgan fingerprint density at radius 3 is 2.84 bits per heavy atom. The zero-order chi connectivity index (χ0) is 13.0. The van der Waals surface area contributed by atoms with Crippen LogP contribution in [0.15, 0.2) is 61.2 Å². The van der Waals surface area contributed by atoms with Crippen molar-refractivity contribution in [3.8, 4) is 0 Å². The van der Waals surface area contributed by atoms with Crippen molar-refractivity contribution in [2.45, 2.75) is 18.4 Å². The molecule has 1 nitrogen and oxygen atoms in total. The van der Waals surface area contributed by atoms with Crippen LogP contribution in [0.25, 0.3) is 0 Å². The second-order valence-corrected chi connectivity index (χ2v) is 5.95. The third-order valence-electron chi connectivity index (χ3n) is 5.12. The fraction of sp³-hybridized carbons (Fsp3) is 0.333. The van der Waals surface area contributed by atoms with E-state index in [1.165, 1.54) is 23.2 Å². The monoisotopic (exact) mass is 249 g/mol. The lowest BCUT2D eigenvalue weighted by Crippen LogP contribution is -2.40. The summed E-state index contributed by atoms with van der Waals surface area (Å²) in [7, 11) is 0. The second kappa shape index (κ2) is 3.86. The maximum Gasteiger partial charge on any atom is 0.0431 e. The Hall–Kier alpha value is -1.76. The molecular formula is C18H19N. The second-order valence-electron chi connectivity index (χ2n) is 5.95. The summed E-state index contributed by atoms with van der Waals surface area (Å²) in [5.74, 6) is 1.91. The Kier molecular flexibility index (Phi) is 2.26. The van der Waals surface area contributed by atoms with E-state index in [2.05, 4.69) is 54.5 Å². The van der Waals surface area contributed by atoms with Crippen molar-refractivity contribution in [3.63, 3.8) is 0 Å². The summed E-state index contributed by atoms with van der Waals surface area (Å²) in [6.45, 7) is 9.05. The molecule has 0 aromatic heterocycles. The number of benzene rings is 1. The van der Waals surface area contributed by atoms with Crippen LogP contribution in [0.5, 0.6) is 0 Å². The molecule has 1 aliphatic carbocycles. The van der Waals surface area contributed by atoms with Gasteiger partial charge in [0.15, 0.2) is 0 Å². The van der Waals surface area contributed by atoms with Gasteiger partial charge in [0.05, 0.1) is 0 Å². The average Bonchev–Trinajstić information content (AvgIpc) is 2.99. The molecule has 0 bridgehead atoms. The van der Waals surface area contributed by atoms with E-state index in [-0.39, 0.29) is 0 Å². The molecule has 4 rings (SSSR count). The highest BCUT2D eigenvalue weighted by atomic mass is 15.2. The molecule has 1 aromatic rings. The van der Waals surface area contributed by atoms with Crippen molar-refractivity contribution in [1.29, 1.82) is 0 Å². The van der Waals surface area contributed by atoms with Crippen LogP contribution in [-0.4, -0.2) is 12.6 Å². The molecule has 0 N–H and O–H groups in total. The summed E-state index contributed by atoms with van der Waals surface area (Å²) in [5.41, 5.74) is 4.33. The highest BCUT2D eigenvalue weighted by Gasteiger charge is 2.51. The van der Waals surface area contributed by atoms with Crippen molar-refractivity contribution < 1.29 is 0 Å². The topological polar surface area (TPSA) is 3.24 Å². The molecule has 0 radical (unpaired) electrons. The molecule has 3 aliphatic rings. The molecule has 19 heavy (non-hydrogen) atoms. The molecule has 2 aliphatic heterocycles. The molecule has 1 aromatic carbocycles. The summed E-state index contributed by atoms with van der Waals surface area (Å²) in [5, 5.41) is 0. The van der Waals surface area contributed by atoms with Gasteiger partial charge < -0.3 is 4.90 Å². The molecule has 1 fully saturated rings. The van der Waals surface area contributed by atoms with E-state index in [0.717, 1.165) is 6.54 Å². The molecule has 0 saturated heterocycles. The molecule has 0 amide bonds. The van der Waals surface area contributed by atoms with Gasteiger partial charge in [-0.05, 0) is 35.5 Å². The minimum atomic E-state index is 0.613. The lowest BCUT2D eigenvalue weighted by atomic mass is 9.88. The van der Waals surface area contributed by atoms with Crippen LogP contribution in [0.4, 0.5) is 5.69 Å². The summed E-state index contributed by atoms with van der Waals surface area (Å²) < 4.78 is 0. The van der Waals surface area contributed by atoms with E-state index >= 15 is 0 Å². The van der Waals surface area contributed by atoms with Crippen LogP contribution in [0.1, 0.15) is 17.9 Å². The zero-order valence-electron chi connectivity index (χ0n) is 11.1. The van der Waals surface area contributed by atoms with Gasteiger partial charge in [-0.1, -0.05) is 43.0 Å². The highest BCUT2D eigenvalue weighted by Crippen LogP contribution is 2.56. The Morgan fingerprint density at radius 1 is 1.21 bits per heavy atom. The maximum atomic E-state index is 4.07. The third kappa shape index (κ3) is 1.36. The minimum absolute atomic E-state index is 0.613. The Bertz CT molecular complexity index is 583. The summed E-state index contributed by atoms with van der Waals surface area (Å²) >= 11 is 0. The van der Waals surface area contributed by atoms with Gasteiger partial charge in [0.2, 0.25) is 0 Å². The van der Waals surface area contributed by atoms with Crippen molar-refractivity contribution in [2.24, 2.45) is 11.8 Å². The van der Waals surface area contributed by atoms with Crippen molar-refractivity contribution >= 4 is 5.69 Å². The van der Waals surface area contributed by atoms with Crippen LogP contribution in [0, 0.1) is 11.8 Å². The predicted molar refractivity (Wildman–Crippen MR) is 80.4 cm³/mol. The fourth-order valence-electron chi connectivity index (χ4n) is 4.41. The smallest absolute Gasteiger partial charge is 0.0431 e. The molecule has 0 spiro atoms. The molecule has 1 saturated carbocycles. The largest absolute Gasteiger partial charge is 0.363 e. The molecule has 4 atom stereocenters. The van der Waals surface area contributed by atoms with E-state index in [1.54, 1.807) is 0 Å². The number of para-hydroxylation sites is 1. The van der Waals surface area contributed by atoms with E-state index < -0.39 is 0 Å². The fourth-order valence-corrected chi connectivity index (χ4v) is 4.41. The van der Waals surface area contributed by atoms with Crippen molar-refractivity contribution in [2.75, 3.05) is 11.4 Å². The first-order valence-corrected chi connectivity index (χ1v) is 7.14. The first-order chi connectivity index (χ1) is 9.33. The Morgan fingerprint density at radius 2 is 2.05 bits per heavy atom. The van der Waals surface area contributed by atoms with Crippen LogP contribution >= 0.6 is 0 Å². The van der Waals surface area contributed by atoms with Crippen LogP contribution < -0.4 is 4.90 Å². The van der Waals surface area contributed by atoms with E-state index in [0.29, 0.717) is 23.8 Å². The van der Waals surface area contributed by atoms with Crippen LogP contribution in [-0.2, 0) is 0 Å². The number of anilines is 1. The van der Waals surface area contributed by atoms with Gasteiger partial charge in [0, 0.05) is 24.2 Å². The molecular weight excluding hydrogens is 230 g/mol. The van der Waals surface area contributed by atoms with Gasteiger partial charge >= 0.3 is 0 Å². The van der Waals surface area contributed by atoms with Crippen LogP contribution in [0.3, 0.4) is 0 Å². The summed E-state index contributed by atoms with van der Waals surface area (Å²) in [6.07, 6.45) is 7.88.